The van der Waals surface area contributed by atoms with Gasteiger partial charge >= 0.3 is 5.97 Å². The second-order valence-corrected chi connectivity index (χ2v) is 5.85. The van der Waals surface area contributed by atoms with Crippen molar-refractivity contribution in [3.05, 3.63) is 36.0 Å². The van der Waals surface area contributed by atoms with E-state index in [4.69, 9.17) is 4.74 Å². The van der Waals surface area contributed by atoms with E-state index in [0.29, 0.717) is 11.4 Å². The predicted molar refractivity (Wildman–Crippen MR) is 88.6 cm³/mol. The molecule has 1 aromatic rings. The molecule has 0 saturated carbocycles. The number of esters is 1. The van der Waals surface area contributed by atoms with E-state index < -0.39 is 29.2 Å². The first kappa shape index (κ1) is 17.5. The first-order chi connectivity index (χ1) is 12.3. The summed E-state index contributed by atoms with van der Waals surface area (Å²) in [5, 5.41) is 0.986. The van der Waals surface area contributed by atoms with Crippen LogP contribution in [0.1, 0.15) is 13.3 Å². The number of hydrazine groups is 1. The summed E-state index contributed by atoms with van der Waals surface area (Å²) in [6, 6.07) is 6.45. The SMILES string of the molecule is COC(=O)C1=C[C@@]2(CC(=O)N(c3cccc(OC)c3)C2=O)N(C(C)=O)N1. The van der Waals surface area contributed by atoms with Crippen LogP contribution in [0.25, 0.3) is 0 Å². The van der Waals surface area contributed by atoms with Crippen LogP contribution < -0.4 is 15.1 Å². The van der Waals surface area contributed by atoms with Gasteiger partial charge in [-0.15, -0.1) is 0 Å². The van der Waals surface area contributed by atoms with Crippen LogP contribution in [0, 0.1) is 0 Å². The Bertz CT molecular complexity index is 849. The van der Waals surface area contributed by atoms with Crippen LogP contribution in [0.4, 0.5) is 5.69 Å². The smallest absolute Gasteiger partial charge is 0.355 e. The molecule has 3 amide bonds. The molecule has 0 aromatic heterocycles. The van der Waals surface area contributed by atoms with Crippen molar-refractivity contribution in [3.8, 4) is 5.75 Å². The fraction of sp³-hybridized carbons (Fsp3) is 0.294. The zero-order valence-corrected chi connectivity index (χ0v) is 14.4. The molecule has 2 aliphatic heterocycles. The lowest BCUT2D eigenvalue weighted by molar-refractivity contribution is -0.143. The van der Waals surface area contributed by atoms with Gasteiger partial charge in [-0.2, -0.15) is 0 Å². The third-order valence-corrected chi connectivity index (χ3v) is 4.29. The van der Waals surface area contributed by atoms with Gasteiger partial charge in [0.15, 0.2) is 5.54 Å². The molecule has 1 aromatic carbocycles. The molecule has 0 unspecified atom stereocenters. The number of hydrogen-bond acceptors (Lipinski definition) is 7. The number of hydrogen-bond donors (Lipinski definition) is 1. The Morgan fingerprint density at radius 3 is 2.58 bits per heavy atom. The third kappa shape index (κ3) is 2.48. The number of ether oxygens (including phenoxy) is 2. The van der Waals surface area contributed by atoms with Crippen LogP contribution in [-0.4, -0.2) is 48.5 Å². The lowest BCUT2D eigenvalue weighted by Crippen LogP contribution is -2.56. The van der Waals surface area contributed by atoms with Crippen LogP contribution in [0.5, 0.6) is 5.75 Å². The Balaban J connectivity index is 2.06. The summed E-state index contributed by atoms with van der Waals surface area (Å²) in [6.07, 6.45) is 0.969. The summed E-state index contributed by atoms with van der Waals surface area (Å²) < 4.78 is 9.76. The minimum absolute atomic E-state index is 0.0728. The summed E-state index contributed by atoms with van der Waals surface area (Å²) in [6.45, 7) is 1.23. The van der Waals surface area contributed by atoms with Gasteiger partial charge in [0.25, 0.3) is 5.91 Å². The molecule has 26 heavy (non-hydrogen) atoms. The summed E-state index contributed by atoms with van der Waals surface area (Å²) in [5.41, 5.74) is 1.20. The van der Waals surface area contributed by atoms with Crippen LogP contribution in [0.2, 0.25) is 0 Å². The van der Waals surface area contributed by atoms with Crippen molar-refractivity contribution in [3.63, 3.8) is 0 Å². The van der Waals surface area contributed by atoms with Gasteiger partial charge in [0.2, 0.25) is 11.8 Å². The summed E-state index contributed by atoms with van der Waals surface area (Å²) in [7, 11) is 2.65. The van der Waals surface area contributed by atoms with Gasteiger partial charge < -0.3 is 9.47 Å². The average Bonchev–Trinajstić information content (AvgIpc) is 3.13. The predicted octanol–water partition coefficient (Wildman–Crippen LogP) is 0.121. The van der Waals surface area contributed by atoms with Crippen molar-refractivity contribution >= 4 is 29.4 Å². The quantitative estimate of drug-likeness (QED) is 0.604. The number of carbonyl (C=O) groups is 4. The summed E-state index contributed by atoms with van der Waals surface area (Å²) >= 11 is 0. The normalized spacial score (nSPS) is 21.7. The maximum atomic E-state index is 13.1. The largest absolute Gasteiger partial charge is 0.497 e. The number of carbonyl (C=O) groups excluding carboxylic acids is 4. The van der Waals surface area contributed by atoms with E-state index in [-0.39, 0.29) is 12.1 Å². The highest BCUT2D eigenvalue weighted by molar-refractivity contribution is 6.26. The van der Waals surface area contributed by atoms with Crippen LogP contribution in [0.15, 0.2) is 36.0 Å². The number of nitrogens with one attached hydrogen (secondary N) is 1. The number of anilines is 1. The van der Waals surface area contributed by atoms with Crippen molar-refractivity contribution in [1.29, 1.82) is 0 Å². The molecule has 2 heterocycles. The number of benzene rings is 1. The van der Waals surface area contributed by atoms with E-state index >= 15 is 0 Å². The van der Waals surface area contributed by atoms with Crippen molar-refractivity contribution in [2.24, 2.45) is 0 Å². The summed E-state index contributed by atoms with van der Waals surface area (Å²) in [4.78, 5) is 50.6. The molecule has 1 atom stereocenters. The Hall–Kier alpha value is -3.36. The number of rotatable bonds is 3. The lowest BCUT2D eigenvalue weighted by atomic mass is 9.96. The molecule has 3 rings (SSSR count). The number of methoxy groups -OCH3 is 2. The molecular formula is C17H17N3O6. The first-order valence-corrected chi connectivity index (χ1v) is 7.74. The molecule has 9 heteroatoms. The lowest BCUT2D eigenvalue weighted by Gasteiger charge is -2.30. The first-order valence-electron chi connectivity index (χ1n) is 7.74. The maximum Gasteiger partial charge on any atom is 0.355 e. The topological polar surface area (TPSA) is 105 Å². The third-order valence-electron chi connectivity index (χ3n) is 4.29. The van der Waals surface area contributed by atoms with Gasteiger partial charge in [0, 0.05) is 13.0 Å². The van der Waals surface area contributed by atoms with E-state index in [1.54, 1.807) is 24.3 Å². The van der Waals surface area contributed by atoms with Gasteiger partial charge in [-0.3, -0.25) is 19.8 Å². The van der Waals surface area contributed by atoms with E-state index in [2.05, 4.69) is 10.2 Å². The fourth-order valence-corrected chi connectivity index (χ4v) is 3.12. The molecule has 1 saturated heterocycles. The zero-order valence-electron chi connectivity index (χ0n) is 14.4. The molecule has 1 N–H and O–H groups in total. The molecule has 9 nitrogen and oxygen atoms in total. The van der Waals surface area contributed by atoms with Gasteiger partial charge in [0.1, 0.15) is 11.4 Å². The molecule has 0 bridgehead atoms. The number of nitrogens with zero attached hydrogens (tertiary/aromatic N) is 2. The van der Waals surface area contributed by atoms with Gasteiger partial charge in [-0.05, 0) is 18.2 Å². The van der Waals surface area contributed by atoms with Gasteiger partial charge in [-0.1, -0.05) is 6.07 Å². The molecule has 136 valence electrons. The Morgan fingerprint density at radius 2 is 1.96 bits per heavy atom. The minimum Gasteiger partial charge on any atom is -0.497 e. The Morgan fingerprint density at radius 1 is 1.23 bits per heavy atom. The van der Waals surface area contributed by atoms with Crippen molar-refractivity contribution in [1.82, 2.24) is 10.4 Å². The van der Waals surface area contributed by atoms with E-state index in [1.165, 1.54) is 27.2 Å². The molecule has 1 fully saturated rings. The van der Waals surface area contributed by atoms with E-state index in [0.717, 1.165) is 9.91 Å². The Kier molecular flexibility index (Phi) is 4.15. The standard InChI is InChI=1S/C17H17N3O6/c1-10(21)20-17(8-13(18-20)15(23)26-3)9-14(22)19(16(17)24)11-5-4-6-12(7-11)25-2/h4-8,18H,9H2,1-3H3/t17-/m0/s1. The second-order valence-electron chi connectivity index (χ2n) is 5.85. The monoisotopic (exact) mass is 359 g/mol. The molecule has 0 radical (unpaired) electrons. The summed E-state index contributed by atoms with van der Waals surface area (Å²) in [5.74, 6) is -1.93. The van der Waals surface area contributed by atoms with E-state index in [9.17, 15) is 19.2 Å². The second kappa shape index (κ2) is 6.17. The maximum absolute atomic E-state index is 13.1. The van der Waals surface area contributed by atoms with Crippen molar-refractivity contribution in [2.45, 2.75) is 18.9 Å². The zero-order chi connectivity index (χ0) is 19.1. The number of imide groups is 1. The molecule has 1 spiro atoms. The molecular weight excluding hydrogens is 342 g/mol. The highest BCUT2D eigenvalue weighted by Crippen LogP contribution is 2.38. The van der Waals surface area contributed by atoms with Gasteiger partial charge in [0.05, 0.1) is 26.3 Å². The minimum atomic E-state index is -1.62. The average molecular weight is 359 g/mol. The molecule has 0 aliphatic carbocycles. The highest BCUT2D eigenvalue weighted by atomic mass is 16.5. The van der Waals surface area contributed by atoms with Crippen LogP contribution in [-0.2, 0) is 23.9 Å². The Labute approximate surface area is 149 Å². The van der Waals surface area contributed by atoms with Gasteiger partial charge in [-0.25, -0.2) is 14.7 Å². The van der Waals surface area contributed by atoms with Crippen molar-refractivity contribution in [2.75, 3.05) is 19.1 Å². The number of amides is 3. The molecule has 2 aliphatic rings. The van der Waals surface area contributed by atoms with Crippen LogP contribution in [0.3, 0.4) is 0 Å². The van der Waals surface area contributed by atoms with Crippen molar-refractivity contribution < 1.29 is 28.7 Å². The fourth-order valence-electron chi connectivity index (χ4n) is 3.12. The van der Waals surface area contributed by atoms with E-state index in [1.807, 2.05) is 0 Å². The highest BCUT2D eigenvalue weighted by Gasteiger charge is 2.59. The van der Waals surface area contributed by atoms with Crippen LogP contribution >= 0.6 is 0 Å².